The minimum Gasteiger partial charge on any atom is -0.399 e. The first-order chi connectivity index (χ1) is 8.44. The maximum absolute atomic E-state index is 12.0. The first-order valence-corrected chi connectivity index (χ1v) is 6.96. The molecule has 0 aliphatic heterocycles. The zero-order chi connectivity index (χ0) is 13.8. The van der Waals surface area contributed by atoms with Crippen molar-refractivity contribution in [2.75, 3.05) is 23.5 Å². The van der Waals surface area contributed by atoms with Gasteiger partial charge < -0.3 is 5.73 Å². The molecule has 0 unspecified atom stereocenters. The molecule has 0 fully saturated rings. The van der Waals surface area contributed by atoms with Crippen molar-refractivity contribution in [2.24, 2.45) is 0 Å². The molecular weight excluding hydrogens is 252 g/mol. The van der Waals surface area contributed by atoms with Crippen LogP contribution in [0.5, 0.6) is 0 Å². The zero-order valence-electron chi connectivity index (χ0n) is 10.3. The Morgan fingerprint density at radius 1 is 1.39 bits per heavy atom. The summed E-state index contributed by atoms with van der Waals surface area (Å²) in [5, 5.41) is 8.94. The molecule has 0 aliphatic carbocycles. The first-order valence-electron chi connectivity index (χ1n) is 5.52. The molecule has 0 aliphatic rings. The van der Waals surface area contributed by atoms with Crippen molar-refractivity contribution in [3.8, 4) is 6.07 Å². The third-order valence-corrected chi connectivity index (χ3v) is 4.12. The summed E-state index contributed by atoms with van der Waals surface area (Å²) in [6, 6.07) is 6.36. The van der Waals surface area contributed by atoms with Gasteiger partial charge in [-0.2, -0.15) is 18.0 Å². The van der Waals surface area contributed by atoms with Gasteiger partial charge in [-0.15, -0.1) is 0 Å². The van der Waals surface area contributed by atoms with Gasteiger partial charge in [0.2, 0.25) is 0 Å². The monoisotopic (exact) mass is 268 g/mol. The van der Waals surface area contributed by atoms with Gasteiger partial charge in [-0.3, -0.25) is 4.72 Å². The second kappa shape index (κ2) is 5.71. The lowest BCUT2D eigenvalue weighted by atomic mass is 10.2. The highest BCUT2D eigenvalue weighted by atomic mass is 32.2. The number of hydrogen-bond acceptors (Lipinski definition) is 4. The van der Waals surface area contributed by atoms with Crippen LogP contribution in [-0.4, -0.2) is 25.8 Å². The fraction of sp³-hybridized carbons (Fsp3) is 0.364. The smallest absolute Gasteiger partial charge is 0.301 e. The Bertz CT molecular complexity index is 559. The van der Waals surface area contributed by atoms with Crippen molar-refractivity contribution in [3.05, 3.63) is 23.8 Å². The molecule has 0 amide bonds. The van der Waals surface area contributed by atoms with E-state index in [1.54, 1.807) is 19.9 Å². The normalized spacial score (nSPS) is 11.2. The SMILES string of the molecule is CCN(CC)S(=O)(=O)Nc1ccc(N)cc1C#N. The average molecular weight is 268 g/mol. The average Bonchev–Trinajstić information content (AvgIpc) is 2.32. The Kier molecular flexibility index (Phi) is 4.53. The number of nitrogens with one attached hydrogen (secondary N) is 1. The standard InChI is InChI=1S/C11H16N4O2S/c1-3-15(4-2)18(16,17)14-11-6-5-10(13)7-9(11)8-12/h5-7,14H,3-4,13H2,1-2H3. The highest BCUT2D eigenvalue weighted by molar-refractivity contribution is 7.90. The molecule has 1 aromatic rings. The number of nitrogens with zero attached hydrogens (tertiary/aromatic N) is 2. The van der Waals surface area contributed by atoms with Crippen LogP contribution in [0.2, 0.25) is 0 Å². The fourth-order valence-electron chi connectivity index (χ4n) is 1.51. The van der Waals surface area contributed by atoms with E-state index in [1.807, 2.05) is 6.07 Å². The second-order valence-electron chi connectivity index (χ2n) is 3.61. The highest BCUT2D eigenvalue weighted by Crippen LogP contribution is 2.20. The lowest BCUT2D eigenvalue weighted by molar-refractivity contribution is 0.449. The van der Waals surface area contributed by atoms with Gasteiger partial charge in [-0.25, -0.2) is 0 Å². The van der Waals surface area contributed by atoms with E-state index in [9.17, 15) is 8.42 Å². The summed E-state index contributed by atoms with van der Waals surface area (Å²) in [5.41, 5.74) is 6.39. The van der Waals surface area contributed by atoms with Crippen molar-refractivity contribution in [2.45, 2.75) is 13.8 Å². The van der Waals surface area contributed by atoms with E-state index < -0.39 is 10.2 Å². The van der Waals surface area contributed by atoms with Crippen LogP contribution in [0.15, 0.2) is 18.2 Å². The molecule has 0 saturated carbocycles. The Labute approximate surface area is 107 Å². The number of nitriles is 1. The van der Waals surface area contributed by atoms with E-state index in [0.29, 0.717) is 18.8 Å². The predicted molar refractivity (Wildman–Crippen MR) is 71.0 cm³/mol. The molecule has 18 heavy (non-hydrogen) atoms. The molecule has 0 atom stereocenters. The fourth-order valence-corrected chi connectivity index (χ4v) is 2.78. The third kappa shape index (κ3) is 3.12. The lowest BCUT2D eigenvalue weighted by Crippen LogP contribution is -2.35. The summed E-state index contributed by atoms with van der Waals surface area (Å²) in [6.07, 6.45) is 0. The summed E-state index contributed by atoms with van der Waals surface area (Å²) >= 11 is 0. The Hall–Kier alpha value is -1.78. The van der Waals surface area contributed by atoms with Crippen molar-refractivity contribution >= 4 is 21.6 Å². The number of anilines is 2. The topological polar surface area (TPSA) is 99.2 Å². The Morgan fingerprint density at radius 2 is 2.00 bits per heavy atom. The number of nitrogen functional groups attached to an aromatic ring is 1. The van der Waals surface area contributed by atoms with Gasteiger partial charge in [0.05, 0.1) is 11.3 Å². The quantitative estimate of drug-likeness (QED) is 0.782. The van der Waals surface area contributed by atoms with E-state index in [0.717, 1.165) is 0 Å². The minimum absolute atomic E-state index is 0.200. The zero-order valence-corrected chi connectivity index (χ0v) is 11.2. The minimum atomic E-state index is -3.63. The maximum Gasteiger partial charge on any atom is 0.301 e. The molecule has 0 saturated heterocycles. The van der Waals surface area contributed by atoms with Crippen LogP contribution in [0.3, 0.4) is 0 Å². The van der Waals surface area contributed by atoms with Crippen molar-refractivity contribution < 1.29 is 8.42 Å². The number of hydrogen-bond donors (Lipinski definition) is 2. The van der Waals surface area contributed by atoms with Crippen LogP contribution < -0.4 is 10.5 Å². The first kappa shape index (κ1) is 14.3. The maximum atomic E-state index is 12.0. The summed E-state index contributed by atoms with van der Waals surface area (Å²) in [7, 11) is -3.63. The van der Waals surface area contributed by atoms with Crippen molar-refractivity contribution in [1.29, 1.82) is 5.26 Å². The van der Waals surface area contributed by atoms with E-state index in [4.69, 9.17) is 11.0 Å². The van der Waals surface area contributed by atoms with Gasteiger partial charge in [0.25, 0.3) is 0 Å². The molecule has 0 aromatic heterocycles. The summed E-state index contributed by atoms with van der Waals surface area (Å²) in [5.74, 6) is 0. The van der Waals surface area contributed by atoms with Gasteiger partial charge in [0, 0.05) is 18.8 Å². The van der Waals surface area contributed by atoms with Crippen LogP contribution >= 0.6 is 0 Å². The van der Waals surface area contributed by atoms with Gasteiger partial charge >= 0.3 is 10.2 Å². The van der Waals surface area contributed by atoms with Crippen LogP contribution in [0.4, 0.5) is 11.4 Å². The summed E-state index contributed by atoms with van der Waals surface area (Å²) in [6.45, 7) is 4.22. The van der Waals surface area contributed by atoms with E-state index in [-0.39, 0.29) is 11.3 Å². The van der Waals surface area contributed by atoms with Crippen LogP contribution in [0.25, 0.3) is 0 Å². The molecule has 98 valence electrons. The summed E-state index contributed by atoms with van der Waals surface area (Å²) < 4.78 is 27.6. The highest BCUT2D eigenvalue weighted by Gasteiger charge is 2.19. The van der Waals surface area contributed by atoms with Crippen molar-refractivity contribution in [1.82, 2.24) is 4.31 Å². The molecule has 0 heterocycles. The second-order valence-corrected chi connectivity index (χ2v) is 5.28. The molecule has 0 bridgehead atoms. The molecule has 3 N–H and O–H groups in total. The molecule has 1 aromatic carbocycles. The summed E-state index contributed by atoms with van der Waals surface area (Å²) in [4.78, 5) is 0. The number of benzene rings is 1. The van der Waals surface area contributed by atoms with Crippen LogP contribution in [-0.2, 0) is 10.2 Å². The van der Waals surface area contributed by atoms with Gasteiger partial charge in [-0.1, -0.05) is 13.8 Å². The van der Waals surface area contributed by atoms with Gasteiger partial charge in [-0.05, 0) is 18.2 Å². The van der Waals surface area contributed by atoms with Crippen molar-refractivity contribution in [3.63, 3.8) is 0 Å². The van der Waals surface area contributed by atoms with E-state index >= 15 is 0 Å². The van der Waals surface area contributed by atoms with Crippen LogP contribution in [0.1, 0.15) is 19.4 Å². The van der Waals surface area contributed by atoms with E-state index in [2.05, 4.69) is 4.72 Å². The molecule has 1 rings (SSSR count). The van der Waals surface area contributed by atoms with Gasteiger partial charge in [0.15, 0.2) is 0 Å². The van der Waals surface area contributed by atoms with E-state index in [1.165, 1.54) is 16.4 Å². The molecule has 0 spiro atoms. The Balaban J connectivity index is 3.09. The largest absolute Gasteiger partial charge is 0.399 e. The number of rotatable bonds is 5. The molecule has 7 heteroatoms. The third-order valence-electron chi connectivity index (χ3n) is 2.45. The molecule has 6 nitrogen and oxygen atoms in total. The van der Waals surface area contributed by atoms with Gasteiger partial charge in [0.1, 0.15) is 6.07 Å². The van der Waals surface area contributed by atoms with Crippen LogP contribution in [0, 0.1) is 11.3 Å². The molecular formula is C11H16N4O2S. The predicted octanol–water partition coefficient (Wildman–Crippen LogP) is 1.14. The number of nitrogens with two attached hydrogens (primary N) is 1. The lowest BCUT2D eigenvalue weighted by Gasteiger charge is -2.19. The Morgan fingerprint density at radius 3 is 2.50 bits per heavy atom. The molecule has 0 radical (unpaired) electrons.